The molecule has 0 aliphatic heterocycles. The summed E-state index contributed by atoms with van der Waals surface area (Å²) in [6.45, 7) is 2.87. The Labute approximate surface area is 117 Å². The van der Waals surface area contributed by atoms with Crippen LogP contribution in [-0.4, -0.2) is 40.7 Å². The van der Waals surface area contributed by atoms with Gasteiger partial charge in [0.2, 0.25) is 5.88 Å². The first kappa shape index (κ1) is 14.0. The SMILES string of the molecule is CCCNc1ncnc(-c2nccnc2OC)c1OC. The molecule has 0 unspecified atom stereocenters. The second kappa shape index (κ2) is 6.65. The number of methoxy groups -OCH3 is 2. The third kappa shape index (κ3) is 2.76. The van der Waals surface area contributed by atoms with E-state index in [0.717, 1.165) is 13.0 Å². The van der Waals surface area contributed by atoms with E-state index in [0.29, 0.717) is 28.8 Å². The minimum absolute atomic E-state index is 0.394. The van der Waals surface area contributed by atoms with Crippen LogP contribution < -0.4 is 14.8 Å². The predicted octanol–water partition coefficient (Wildman–Crippen LogP) is 1.77. The van der Waals surface area contributed by atoms with Crippen molar-refractivity contribution in [2.75, 3.05) is 26.1 Å². The van der Waals surface area contributed by atoms with Gasteiger partial charge in [0.15, 0.2) is 17.3 Å². The summed E-state index contributed by atoms with van der Waals surface area (Å²) in [7, 11) is 3.11. The average Bonchev–Trinajstić information content (AvgIpc) is 2.52. The highest BCUT2D eigenvalue weighted by Crippen LogP contribution is 2.35. The summed E-state index contributed by atoms with van der Waals surface area (Å²) in [5.74, 6) is 1.55. The van der Waals surface area contributed by atoms with Crippen LogP contribution in [0, 0.1) is 0 Å². The summed E-state index contributed by atoms with van der Waals surface area (Å²) in [5, 5.41) is 3.20. The van der Waals surface area contributed by atoms with Crippen molar-refractivity contribution in [2.45, 2.75) is 13.3 Å². The van der Waals surface area contributed by atoms with Gasteiger partial charge in [0, 0.05) is 18.9 Å². The summed E-state index contributed by atoms with van der Waals surface area (Å²) in [4.78, 5) is 16.8. The molecule has 106 valence electrons. The van der Waals surface area contributed by atoms with E-state index in [1.165, 1.54) is 13.4 Å². The molecule has 0 radical (unpaired) electrons. The first-order valence-electron chi connectivity index (χ1n) is 6.30. The van der Waals surface area contributed by atoms with E-state index in [2.05, 4.69) is 32.2 Å². The van der Waals surface area contributed by atoms with Crippen LogP contribution in [0.2, 0.25) is 0 Å². The molecule has 2 aromatic heterocycles. The Morgan fingerprint density at radius 2 is 1.80 bits per heavy atom. The fourth-order valence-electron chi connectivity index (χ4n) is 1.74. The van der Waals surface area contributed by atoms with E-state index < -0.39 is 0 Å². The van der Waals surface area contributed by atoms with E-state index in [-0.39, 0.29) is 0 Å². The van der Waals surface area contributed by atoms with Gasteiger partial charge in [-0.1, -0.05) is 6.92 Å². The number of nitrogens with one attached hydrogen (secondary N) is 1. The highest BCUT2D eigenvalue weighted by atomic mass is 16.5. The van der Waals surface area contributed by atoms with Gasteiger partial charge < -0.3 is 14.8 Å². The number of hydrogen-bond donors (Lipinski definition) is 1. The molecule has 0 atom stereocenters. The van der Waals surface area contributed by atoms with E-state index >= 15 is 0 Å². The standard InChI is InChI=1S/C13H17N5O2/c1-4-5-15-12-11(19-2)9(17-8-18-12)10-13(20-3)16-7-6-14-10/h6-8H,4-5H2,1-3H3,(H,15,17,18). The molecular weight excluding hydrogens is 258 g/mol. The smallest absolute Gasteiger partial charge is 0.242 e. The van der Waals surface area contributed by atoms with Crippen molar-refractivity contribution in [1.82, 2.24) is 19.9 Å². The second-order valence-corrected chi connectivity index (χ2v) is 3.95. The summed E-state index contributed by atoms with van der Waals surface area (Å²) in [6, 6.07) is 0. The molecule has 1 N–H and O–H groups in total. The van der Waals surface area contributed by atoms with Crippen molar-refractivity contribution in [3.63, 3.8) is 0 Å². The van der Waals surface area contributed by atoms with E-state index in [1.807, 2.05) is 0 Å². The zero-order chi connectivity index (χ0) is 14.4. The lowest BCUT2D eigenvalue weighted by atomic mass is 10.2. The van der Waals surface area contributed by atoms with E-state index in [4.69, 9.17) is 9.47 Å². The Balaban J connectivity index is 2.50. The van der Waals surface area contributed by atoms with Crippen LogP contribution in [0.5, 0.6) is 11.6 Å². The number of ether oxygens (including phenoxy) is 2. The van der Waals surface area contributed by atoms with Crippen LogP contribution in [0.3, 0.4) is 0 Å². The van der Waals surface area contributed by atoms with Gasteiger partial charge in [-0.05, 0) is 6.42 Å². The normalized spacial score (nSPS) is 10.2. The second-order valence-electron chi connectivity index (χ2n) is 3.95. The van der Waals surface area contributed by atoms with Gasteiger partial charge in [-0.3, -0.25) is 0 Å². The number of anilines is 1. The summed E-state index contributed by atoms with van der Waals surface area (Å²) < 4.78 is 10.6. The minimum atomic E-state index is 0.394. The van der Waals surface area contributed by atoms with Crippen LogP contribution in [0.25, 0.3) is 11.4 Å². The van der Waals surface area contributed by atoms with Crippen LogP contribution in [-0.2, 0) is 0 Å². The van der Waals surface area contributed by atoms with Crippen molar-refractivity contribution in [3.8, 4) is 23.0 Å². The molecule has 0 spiro atoms. The molecule has 2 aromatic rings. The highest BCUT2D eigenvalue weighted by Gasteiger charge is 2.18. The quantitative estimate of drug-likeness (QED) is 0.860. The van der Waals surface area contributed by atoms with Gasteiger partial charge in [0.25, 0.3) is 0 Å². The van der Waals surface area contributed by atoms with Gasteiger partial charge >= 0.3 is 0 Å². The molecule has 0 aliphatic rings. The molecule has 0 amide bonds. The number of nitrogens with zero attached hydrogens (tertiary/aromatic N) is 4. The number of rotatable bonds is 6. The van der Waals surface area contributed by atoms with Gasteiger partial charge in [0.1, 0.15) is 12.0 Å². The molecule has 7 nitrogen and oxygen atoms in total. The fourth-order valence-corrected chi connectivity index (χ4v) is 1.74. The molecule has 0 saturated carbocycles. The Bertz CT molecular complexity index is 576. The molecule has 0 aromatic carbocycles. The summed E-state index contributed by atoms with van der Waals surface area (Å²) in [5.41, 5.74) is 1.07. The van der Waals surface area contributed by atoms with Crippen LogP contribution >= 0.6 is 0 Å². The lowest BCUT2D eigenvalue weighted by molar-refractivity contribution is 0.395. The maximum absolute atomic E-state index is 5.42. The molecule has 0 aliphatic carbocycles. The molecule has 0 saturated heterocycles. The Hall–Kier alpha value is -2.44. The monoisotopic (exact) mass is 275 g/mol. The molecule has 0 bridgehead atoms. The lowest BCUT2D eigenvalue weighted by Crippen LogP contribution is -2.06. The van der Waals surface area contributed by atoms with Crippen molar-refractivity contribution in [1.29, 1.82) is 0 Å². The van der Waals surface area contributed by atoms with Crippen molar-refractivity contribution < 1.29 is 9.47 Å². The van der Waals surface area contributed by atoms with Gasteiger partial charge in [0.05, 0.1) is 14.2 Å². The van der Waals surface area contributed by atoms with Gasteiger partial charge in [-0.15, -0.1) is 0 Å². The predicted molar refractivity (Wildman–Crippen MR) is 74.9 cm³/mol. The molecule has 2 heterocycles. The zero-order valence-corrected chi connectivity index (χ0v) is 11.8. The topological polar surface area (TPSA) is 82.1 Å². The van der Waals surface area contributed by atoms with E-state index in [9.17, 15) is 0 Å². The first-order valence-corrected chi connectivity index (χ1v) is 6.30. The maximum Gasteiger partial charge on any atom is 0.242 e. The Morgan fingerprint density at radius 3 is 2.50 bits per heavy atom. The maximum atomic E-state index is 5.42. The van der Waals surface area contributed by atoms with Crippen molar-refractivity contribution >= 4 is 5.82 Å². The largest absolute Gasteiger partial charge is 0.491 e. The zero-order valence-electron chi connectivity index (χ0n) is 11.8. The third-order valence-corrected chi connectivity index (χ3v) is 2.63. The van der Waals surface area contributed by atoms with Crippen molar-refractivity contribution in [3.05, 3.63) is 18.7 Å². The molecule has 7 heteroatoms. The van der Waals surface area contributed by atoms with Crippen LogP contribution in [0.1, 0.15) is 13.3 Å². The summed E-state index contributed by atoms with van der Waals surface area (Å²) >= 11 is 0. The summed E-state index contributed by atoms with van der Waals surface area (Å²) in [6.07, 6.45) is 5.59. The third-order valence-electron chi connectivity index (χ3n) is 2.63. The fraction of sp³-hybridized carbons (Fsp3) is 0.385. The molecule has 0 fully saturated rings. The minimum Gasteiger partial charge on any atom is -0.491 e. The highest BCUT2D eigenvalue weighted by molar-refractivity contribution is 5.72. The molecule has 20 heavy (non-hydrogen) atoms. The molecular formula is C13H17N5O2. The van der Waals surface area contributed by atoms with Gasteiger partial charge in [-0.25, -0.2) is 19.9 Å². The van der Waals surface area contributed by atoms with Crippen LogP contribution in [0.15, 0.2) is 18.7 Å². The van der Waals surface area contributed by atoms with E-state index in [1.54, 1.807) is 19.5 Å². The first-order chi connectivity index (χ1) is 9.81. The average molecular weight is 275 g/mol. The Morgan fingerprint density at radius 1 is 1.00 bits per heavy atom. The number of aromatic nitrogens is 4. The number of hydrogen-bond acceptors (Lipinski definition) is 7. The molecule has 2 rings (SSSR count). The van der Waals surface area contributed by atoms with Crippen molar-refractivity contribution in [2.24, 2.45) is 0 Å². The van der Waals surface area contributed by atoms with Crippen LogP contribution in [0.4, 0.5) is 5.82 Å². The Kier molecular flexibility index (Phi) is 4.65. The van der Waals surface area contributed by atoms with Gasteiger partial charge in [-0.2, -0.15) is 0 Å². The lowest BCUT2D eigenvalue weighted by Gasteiger charge is -2.13.